The molecule has 0 spiro atoms. The number of carbonyl (C=O) groups is 2. The average molecular weight is 478 g/mol. The molecule has 0 N–H and O–H groups in total. The van der Waals surface area contributed by atoms with Crippen molar-refractivity contribution in [3.05, 3.63) is 70.8 Å². The lowest BCUT2D eigenvalue weighted by molar-refractivity contribution is 0.0816. The lowest BCUT2D eigenvalue weighted by Crippen LogP contribution is -2.17. The van der Waals surface area contributed by atoms with Crippen LogP contribution in [0.1, 0.15) is 31.8 Å². The molecule has 0 atom stereocenters. The van der Waals surface area contributed by atoms with Crippen LogP contribution < -0.4 is 28.4 Å². The van der Waals surface area contributed by atoms with Crippen LogP contribution >= 0.6 is 0 Å². The Bertz CT molecular complexity index is 1240. The summed E-state index contributed by atoms with van der Waals surface area (Å²) in [5.74, 6) is 1.84. The van der Waals surface area contributed by atoms with Gasteiger partial charge in [0.2, 0.25) is 18.4 Å². The predicted molar refractivity (Wildman–Crippen MR) is 128 cm³/mol. The number of ketones is 2. The van der Waals surface area contributed by atoms with Gasteiger partial charge in [0.1, 0.15) is 11.5 Å². The number of Topliss-reactive ketones (excluding diaryl/α,β-unsaturated/α-hetero) is 2. The van der Waals surface area contributed by atoms with E-state index in [2.05, 4.69) is 0 Å². The zero-order chi connectivity index (χ0) is 24.9. The third-order valence-electron chi connectivity index (χ3n) is 5.79. The van der Waals surface area contributed by atoms with Crippen molar-refractivity contribution in [3.8, 4) is 34.5 Å². The number of hydrogen-bond acceptors (Lipinski definition) is 8. The van der Waals surface area contributed by atoms with E-state index in [0.29, 0.717) is 52.9 Å². The topological polar surface area (TPSA) is 89.5 Å². The number of benzene rings is 3. The second-order valence-electron chi connectivity index (χ2n) is 7.81. The Morgan fingerprint density at radius 2 is 1.37 bits per heavy atom. The molecule has 0 radical (unpaired) electrons. The van der Waals surface area contributed by atoms with Gasteiger partial charge in [-0.25, -0.2) is 0 Å². The van der Waals surface area contributed by atoms with Crippen molar-refractivity contribution in [2.75, 3.05) is 35.2 Å². The normalized spacial score (nSPS) is 11.7. The minimum absolute atomic E-state index is 0.0587. The van der Waals surface area contributed by atoms with Crippen LogP contribution in [0.3, 0.4) is 0 Å². The van der Waals surface area contributed by atoms with Crippen molar-refractivity contribution in [1.82, 2.24) is 0 Å². The molecule has 0 saturated carbocycles. The number of aryl methyl sites for hydroxylation is 2. The van der Waals surface area contributed by atoms with Gasteiger partial charge in [-0.15, -0.1) is 0 Å². The Morgan fingerprint density at radius 3 is 2.00 bits per heavy atom. The fourth-order valence-electron chi connectivity index (χ4n) is 3.92. The average Bonchev–Trinajstić information content (AvgIpc) is 3.37. The summed E-state index contributed by atoms with van der Waals surface area (Å²) >= 11 is 0. The van der Waals surface area contributed by atoms with Crippen LogP contribution in [0, 0.1) is 0 Å². The molecule has 8 nitrogen and oxygen atoms in total. The summed E-state index contributed by atoms with van der Waals surface area (Å²) in [6, 6.07) is 13.6. The summed E-state index contributed by atoms with van der Waals surface area (Å²) in [4.78, 5) is 26.5. The van der Waals surface area contributed by atoms with E-state index >= 15 is 0 Å². The number of methoxy groups -OCH3 is 4. The van der Waals surface area contributed by atoms with Gasteiger partial charge in [0, 0.05) is 17.2 Å². The molecule has 0 aromatic heterocycles. The number of carbonyl (C=O) groups excluding carboxylic acids is 2. The summed E-state index contributed by atoms with van der Waals surface area (Å²) in [6.45, 7) is 0.0587. The lowest BCUT2D eigenvalue weighted by Gasteiger charge is -2.13. The molecule has 0 bridgehead atoms. The van der Waals surface area contributed by atoms with Crippen molar-refractivity contribution in [2.24, 2.45) is 0 Å². The van der Waals surface area contributed by atoms with Crippen LogP contribution in [0.15, 0.2) is 48.5 Å². The van der Waals surface area contributed by atoms with E-state index in [-0.39, 0.29) is 17.9 Å². The van der Waals surface area contributed by atoms with E-state index in [4.69, 9.17) is 28.4 Å². The summed E-state index contributed by atoms with van der Waals surface area (Å²) in [7, 11) is 6.15. The zero-order valence-electron chi connectivity index (χ0n) is 20.0. The SMILES string of the molecule is COc1cc(CCc2cc3c(cc2C(=O)C(=O)c2ccc(OC)c(OC)c2)OCO3)cc(OC)c1. The maximum absolute atomic E-state index is 13.4. The molecule has 4 rings (SSSR count). The van der Waals surface area contributed by atoms with E-state index in [1.54, 1.807) is 38.5 Å². The summed E-state index contributed by atoms with van der Waals surface area (Å²) in [6.07, 6.45) is 1.06. The fourth-order valence-corrected chi connectivity index (χ4v) is 3.92. The van der Waals surface area contributed by atoms with Crippen LogP contribution in [-0.4, -0.2) is 46.8 Å². The molecule has 0 amide bonds. The van der Waals surface area contributed by atoms with Crippen molar-refractivity contribution in [1.29, 1.82) is 0 Å². The Hall–Kier alpha value is -4.20. The number of fused-ring (bicyclic) bond motifs is 1. The highest BCUT2D eigenvalue weighted by Gasteiger charge is 2.26. The second-order valence-corrected chi connectivity index (χ2v) is 7.81. The van der Waals surface area contributed by atoms with Gasteiger partial charge in [0.05, 0.1) is 28.4 Å². The van der Waals surface area contributed by atoms with Gasteiger partial charge in [-0.2, -0.15) is 0 Å². The highest BCUT2D eigenvalue weighted by molar-refractivity contribution is 6.49. The maximum atomic E-state index is 13.4. The Morgan fingerprint density at radius 1 is 0.714 bits per heavy atom. The van der Waals surface area contributed by atoms with Crippen LogP contribution in [0.5, 0.6) is 34.5 Å². The molecule has 1 aliphatic heterocycles. The Balaban J connectivity index is 1.65. The summed E-state index contributed by atoms with van der Waals surface area (Å²) < 4.78 is 32.2. The molecule has 35 heavy (non-hydrogen) atoms. The third kappa shape index (κ3) is 5.01. The van der Waals surface area contributed by atoms with Gasteiger partial charge in [0.15, 0.2) is 23.0 Å². The van der Waals surface area contributed by atoms with Crippen molar-refractivity contribution in [3.63, 3.8) is 0 Å². The van der Waals surface area contributed by atoms with Crippen LogP contribution in [0.2, 0.25) is 0 Å². The van der Waals surface area contributed by atoms with E-state index < -0.39 is 11.6 Å². The van der Waals surface area contributed by atoms with Crippen molar-refractivity contribution in [2.45, 2.75) is 12.8 Å². The van der Waals surface area contributed by atoms with E-state index in [1.165, 1.54) is 26.4 Å². The molecule has 1 aliphatic rings. The molecule has 0 unspecified atom stereocenters. The van der Waals surface area contributed by atoms with Crippen molar-refractivity contribution < 1.29 is 38.0 Å². The standard InChI is InChI=1S/C27H26O8/c1-30-19-9-16(10-20(13-19)31-2)5-6-17-11-24-25(35-15-34-24)14-21(17)27(29)26(28)18-7-8-22(32-3)23(12-18)33-4/h7-14H,5-6,15H2,1-4H3. The predicted octanol–water partition coefficient (Wildman–Crippen LogP) is 4.30. The van der Waals surface area contributed by atoms with E-state index in [1.807, 2.05) is 12.1 Å². The molecule has 3 aromatic rings. The molecule has 8 heteroatoms. The molecule has 0 fully saturated rings. The highest BCUT2D eigenvalue weighted by atomic mass is 16.7. The van der Waals surface area contributed by atoms with Gasteiger partial charge in [-0.3, -0.25) is 9.59 Å². The molecular formula is C27H26O8. The molecule has 0 saturated heterocycles. The van der Waals surface area contributed by atoms with Gasteiger partial charge >= 0.3 is 0 Å². The first-order valence-electron chi connectivity index (χ1n) is 10.9. The molecule has 0 aliphatic carbocycles. The first kappa shape index (κ1) is 23.9. The van der Waals surface area contributed by atoms with Crippen LogP contribution in [-0.2, 0) is 12.8 Å². The number of ether oxygens (including phenoxy) is 6. The highest BCUT2D eigenvalue weighted by Crippen LogP contribution is 2.36. The van der Waals surface area contributed by atoms with Crippen LogP contribution in [0.4, 0.5) is 0 Å². The quantitative estimate of drug-likeness (QED) is 0.315. The third-order valence-corrected chi connectivity index (χ3v) is 5.79. The van der Waals surface area contributed by atoms with E-state index in [9.17, 15) is 9.59 Å². The monoisotopic (exact) mass is 478 g/mol. The first-order chi connectivity index (χ1) is 17.0. The fraction of sp³-hybridized carbons (Fsp3) is 0.259. The zero-order valence-corrected chi connectivity index (χ0v) is 20.0. The van der Waals surface area contributed by atoms with Crippen LogP contribution in [0.25, 0.3) is 0 Å². The number of hydrogen-bond donors (Lipinski definition) is 0. The minimum atomic E-state index is -0.658. The maximum Gasteiger partial charge on any atom is 0.233 e. The molecule has 1 heterocycles. The van der Waals surface area contributed by atoms with Gasteiger partial charge in [-0.05, 0) is 66.4 Å². The second kappa shape index (κ2) is 10.4. The Kier molecular flexibility index (Phi) is 7.10. The van der Waals surface area contributed by atoms with E-state index in [0.717, 1.165) is 5.56 Å². The van der Waals surface area contributed by atoms with Crippen molar-refractivity contribution >= 4 is 11.6 Å². The molecule has 182 valence electrons. The van der Waals surface area contributed by atoms with Gasteiger partial charge in [0.25, 0.3) is 0 Å². The summed E-state index contributed by atoms with van der Waals surface area (Å²) in [5.41, 5.74) is 2.11. The Labute approximate surface area is 203 Å². The van der Waals surface area contributed by atoms with Gasteiger partial charge < -0.3 is 28.4 Å². The molecular weight excluding hydrogens is 452 g/mol. The summed E-state index contributed by atoms with van der Waals surface area (Å²) in [5, 5.41) is 0. The largest absolute Gasteiger partial charge is 0.497 e. The molecule has 3 aromatic carbocycles. The minimum Gasteiger partial charge on any atom is -0.497 e. The first-order valence-corrected chi connectivity index (χ1v) is 10.9. The lowest BCUT2D eigenvalue weighted by atomic mass is 9.93. The van der Waals surface area contributed by atoms with Gasteiger partial charge in [-0.1, -0.05) is 0 Å². The number of rotatable bonds is 10. The smallest absolute Gasteiger partial charge is 0.233 e.